The third-order valence-corrected chi connectivity index (χ3v) is 5.35. The van der Waals surface area contributed by atoms with Crippen LogP contribution in [0.3, 0.4) is 0 Å². The van der Waals surface area contributed by atoms with Crippen LogP contribution in [0, 0.1) is 0 Å². The van der Waals surface area contributed by atoms with Crippen molar-refractivity contribution < 1.29 is 5.11 Å². The number of likely N-dealkylation sites (tertiary alicyclic amines) is 1. The maximum Gasteiger partial charge on any atom is 0.0835 e. The summed E-state index contributed by atoms with van der Waals surface area (Å²) in [6.07, 6.45) is 6.33. The van der Waals surface area contributed by atoms with Crippen LogP contribution in [0.4, 0.5) is 0 Å². The lowest BCUT2D eigenvalue weighted by Gasteiger charge is -2.25. The summed E-state index contributed by atoms with van der Waals surface area (Å²) in [6, 6.07) is 2.47. The first-order chi connectivity index (χ1) is 10.1. The van der Waals surface area contributed by atoms with Crippen molar-refractivity contribution in [1.82, 2.24) is 14.7 Å². The number of thiophene rings is 1. The van der Waals surface area contributed by atoms with Crippen LogP contribution in [0.5, 0.6) is 0 Å². The second-order valence-corrected chi connectivity index (χ2v) is 7.13. The van der Waals surface area contributed by atoms with Crippen LogP contribution in [0.1, 0.15) is 35.8 Å². The van der Waals surface area contributed by atoms with Gasteiger partial charge in [0.15, 0.2) is 0 Å². The highest BCUT2D eigenvalue weighted by molar-refractivity contribution is 7.10. The number of hydrogen-bond acceptors (Lipinski definition) is 4. The molecule has 0 radical (unpaired) electrons. The molecule has 21 heavy (non-hydrogen) atoms. The molecule has 0 unspecified atom stereocenters. The van der Waals surface area contributed by atoms with E-state index in [2.05, 4.69) is 10.00 Å². The molecule has 0 aliphatic carbocycles. The van der Waals surface area contributed by atoms with Crippen molar-refractivity contribution in [2.45, 2.75) is 38.0 Å². The molecule has 1 aliphatic heterocycles. The molecule has 1 fully saturated rings. The summed E-state index contributed by atoms with van der Waals surface area (Å²) in [5, 5.41) is 17.3. The molecular formula is C15H20ClN3OS. The standard InChI is InChI=1S/C15H20ClN3OS/c1-18-8-11(7-17-18)15(20)6-13-3-2-4-19(13)9-14-5-12(16)10-21-14/h5,7-8,10,13,15,20H,2-4,6,9H2,1H3/t13-,15-/m0/s1. The molecule has 3 rings (SSSR count). The number of hydrogen-bond donors (Lipinski definition) is 1. The van der Waals surface area contributed by atoms with Crippen LogP contribution in [0.25, 0.3) is 0 Å². The van der Waals surface area contributed by atoms with Crippen molar-refractivity contribution in [3.8, 4) is 0 Å². The zero-order valence-corrected chi connectivity index (χ0v) is 13.6. The summed E-state index contributed by atoms with van der Waals surface area (Å²) in [5.41, 5.74) is 0.906. The number of aryl methyl sites for hydroxylation is 1. The molecule has 1 N–H and O–H groups in total. The fraction of sp³-hybridized carbons (Fsp3) is 0.533. The van der Waals surface area contributed by atoms with Crippen molar-refractivity contribution in [3.63, 3.8) is 0 Å². The van der Waals surface area contributed by atoms with E-state index < -0.39 is 6.10 Å². The fourth-order valence-electron chi connectivity index (χ4n) is 3.01. The Morgan fingerprint density at radius 1 is 1.57 bits per heavy atom. The number of aliphatic hydroxyl groups excluding tert-OH is 1. The lowest BCUT2D eigenvalue weighted by molar-refractivity contribution is 0.118. The van der Waals surface area contributed by atoms with Gasteiger partial charge in [-0.1, -0.05) is 11.6 Å². The Bertz CT molecular complexity index is 597. The molecule has 0 amide bonds. The number of aliphatic hydroxyl groups is 1. The van der Waals surface area contributed by atoms with Gasteiger partial charge in [-0.2, -0.15) is 5.10 Å². The lowest BCUT2D eigenvalue weighted by Crippen LogP contribution is -2.30. The van der Waals surface area contributed by atoms with Crippen molar-refractivity contribution in [2.24, 2.45) is 7.05 Å². The van der Waals surface area contributed by atoms with Gasteiger partial charge in [0.25, 0.3) is 0 Å². The maximum absolute atomic E-state index is 10.4. The quantitative estimate of drug-likeness (QED) is 0.917. The molecule has 0 saturated carbocycles. The number of aromatic nitrogens is 2. The van der Waals surface area contributed by atoms with E-state index in [1.165, 1.54) is 11.3 Å². The Morgan fingerprint density at radius 3 is 3.10 bits per heavy atom. The summed E-state index contributed by atoms with van der Waals surface area (Å²) >= 11 is 7.70. The highest BCUT2D eigenvalue weighted by atomic mass is 35.5. The van der Waals surface area contributed by atoms with E-state index in [-0.39, 0.29) is 0 Å². The minimum atomic E-state index is -0.434. The first kappa shape index (κ1) is 15.0. The average molecular weight is 326 g/mol. The monoisotopic (exact) mass is 325 g/mol. The van der Waals surface area contributed by atoms with Crippen molar-refractivity contribution in [1.29, 1.82) is 0 Å². The van der Waals surface area contributed by atoms with Gasteiger partial charge in [0, 0.05) is 41.7 Å². The van der Waals surface area contributed by atoms with Gasteiger partial charge < -0.3 is 5.11 Å². The van der Waals surface area contributed by atoms with Crippen LogP contribution in [-0.4, -0.2) is 32.4 Å². The SMILES string of the molecule is Cn1cc([C@@H](O)C[C@@H]2CCCN2Cc2cc(Cl)cs2)cn1. The van der Waals surface area contributed by atoms with Crippen LogP contribution in [-0.2, 0) is 13.6 Å². The zero-order chi connectivity index (χ0) is 14.8. The van der Waals surface area contributed by atoms with Crippen molar-refractivity contribution >= 4 is 22.9 Å². The molecule has 4 nitrogen and oxygen atoms in total. The number of halogens is 1. The average Bonchev–Trinajstić information content (AvgIpc) is 3.14. The second kappa shape index (κ2) is 6.48. The van der Waals surface area contributed by atoms with Crippen LogP contribution < -0.4 is 0 Å². The van der Waals surface area contributed by atoms with Gasteiger partial charge in [-0.05, 0) is 31.9 Å². The first-order valence-electron chi connectivity index (χ1n) is 7.25. The van der Waals surface area contributed by atoms with E-state index in [0.717, 1.165) is 36.5 Å². The summed E-state index contributed by atoms with van der Waals surface area (Å²) < 4.78 is 1.73. The van der Waals surface area contributed by atoms with Gasteiger partial charge in [-0.3, -0.25) is 9.58 Å². The predicted molar refractivity (Wildman–Crippen MR) is 85.5 cm³/mol. The highest BCUT2D eigenvalue weighted by Gasteiger charge is 2.27. The Balaban J connectivity index is 1.61. The van der Waals surface area contributed by atoms with Gasteiger partial charge in [-0.25, -0.2) is 0 Å². The van der Waals surface area contributed by atoms with Gasteiger partial charge in [0.2, 0.25) is 0 Å². The van der Waals surface area contributed by atoms with Gasteiger partial charge >= 0.3 is 0 Å². The van der Waals surface area contributed by atoms with E-state index in [9.17, 15) is 5.11 Å². The van der Waals surface area contributed by atoms with Crippen molar-refractivity contribution in [3.05, 3.63) is 39.3 Å². The third kappa shape index (κ3) is 3.66. The van der Waals surface area contributed by atoms with Gasteiger partial charge in [-0.15, -0.1) is 11.3 Å². The highest BCUT2D eigenvalue weighted by Crippen LogP contribution is 2.30. The summed E-state index contributed by atoms with van der Waals surface area (Å²) in [4.78, 5) is 3.75. The number of nitrogens with zero attached hydrogens (tertiary/aromatic N) is 3. The van der Waals surface area contributed by atoms with Gasteiger partial charge in [0.1, 0.15) is 0 Å². The molecule has 1 aliphatic rings. The molecule has 3 heterocycles. The maximum atomic E-state index is 10.4. The van der Waals surface area contributed by atoms with Crippen LogP contribution in [0.15, 0.2) is 23.8 Å². The molecular weight excluding hydrogens is 306 g/mol. The topological polar surface area (TPSA) is 41.3 Å². The van der Waals surface area contributed by atoms with E-state index in [1.54, 1.807) is 22.2 Å². The molecule has 114 valence electrons. The molecule has 6 heteroatoms. The minimum Gasteiger partial charge on any atom is -0.388 e. The van der Waals surface area contributed by atoms with Crippen molar-refractivity contribution in [2.75, 3.05) is 6.54 Å². The van der Waals surface area contributed by atoms with E-state index in [0.29, 0.717) is 6.04 Å². The summed E-state index contributed by atoms with van der Waals surface area (Å²) in [5.74, 6) is 0. The Kier molecular flexibility index (Phi) is 4.64. The third-order valence-electron chi connectivity index (χ3n) is 4.08. The molecule has 0 bridgehead atoms. The summed E-state index contributed by atoms with van der Waals surface area (Å²) in [7, 11) is 1.87. The summed E-state index contributed by atoms with van der Waals surface area (Å²) in [6.45, 7) is 2.03. The molecule has 1 saturated heterocycles. The van der Waals surface area contributed by atoms with E-state index in [4.69, 9.17) is 11.6 Å². The predicted octanol–water partition coefficient (Wildman–Crippen LogP) is 3.22. The molecule has 2 atom stereocenters. The zero-order valence-electron chi connectivity index (χ0n) is 12.1. The first-order valence-corrected chi connectivity index (χ1v) is 8.51. The smallest absolute Gasteiger partial charge is 0.0835 e. The second-order valence-electron chi connectivity index (χ2n) is 5.70. The van der Waals surface area contributed by atoms with E-state index in [1.807, 2.05) is 24.7 Å². The molecule has 0 aromatic carbocycles. The normalized spacial score (nSPS) is 21.0. The molecule has 2 aromatic rings. The molecule has 0 spiro atoms. The van der Waals surface area contributed by atoms with Crippen LogP contribution >= 0.6 is 22.9 Å². The number of rotatable bonds is 5. The van der Waals surface area contributed by atoms with E-state index >= 15 is 0 Å². The fourth-order valence-corrected chi connectivity index (χ4v) is 4.11. The Hall–Kier alpha value is -0.880. The Morgan fingerprint density at radius 2 is 2.43 bits per heavy atom. The largest absolute Gasteiger partial charge is 0.388 e. The minimum absolute atomic E-state index is 0.432. The van der Waals surface area contributed by atoms with Crippen LogP contribution in [0.2, 0.25) is 5.02 Å². The van der Waals surface area contributed by atoms with Gasteiger partial charge in [0.05, 0.1) is 17.3 Å². The molecule has 2 aromatic heterocycles. The Labute approximate surface area is 134 Å². The lowest BCUT2D eigenvalue weighted by atomic mass is 10.0.